The number of hydrogen-bond donors (Lipinski definition) is 2. The number of nitrogens with zero attached hydrogens (tertiary/aromatic N) is 3. The molecule has 1 rings (SSSR count). The van der Waals surface area contributed by atoms with E-state index < -0.39 is 6.29 Å². The molecule has 0 fully saturated rings. The van der Waals surface area contributed by atoms with Gasteiger partial charge in [-0.25, -0.2) is 0 Å². The number of benzene rings is 1. The molecule has 0 aliphatic rings. The van der Waals surface area contributed by atoms with Crippen molar-refractivity contribution in [1.82, 2.24) is 0 Å². The average Bonchev–Trinajstić information content (AvgIpc) is 2.44. The van der Waals surface area contributed by atoms with Crippen LogP contribution in [0.2, 0.25) is 0 Å². The summed E-state index contributed by atoms with van der Waals surface area (Å²) >= 11 is 0. The number of nitriles is 2. The highest BCUT2D eigenvalue weighted by atomic mass is 16.7. The summed E-state index contributed by atoms with van der Waals surface area (Å²) in [4.78, 5) is 0. The van der Waals surface area contributed by atoms with Gasteiger partial charge in [0, 0.05) is 19.8 Å². The van der Waals surface area contributed by atoms with Crippen molar-refractivity contribution in [3.63, 3.8) is 0 Å². The number of aromatic hydroxyl groups is 1. The van der Waals surface area contributed by atoms with Crippen molar-refractivity contribution >= 4 is 11.4 Å². The molecule has 0 aliphatic heterocycles. The molecule has 0 aromatic heterocycles. The third-order valence-electron chi connectivity index (χ3n) is 2.22. The van der Waals surface area contributed by atoms with E-state index in [9.17, 15) is 5.11 Å². The molecule has 0 atom stereocenters. The minimum absolute atomic E-state index is 0.0753. The lowest BCUT2D eigenvalue weighted by atomic mass is 10.2. The number of hydrogen-bond acceptors (Lipinski definition) is 7. The van der Waals surface area contributed by atoms with Crippen molar-refractivity contribution in [2.24, 2.45) is 5.10 Å². The fourth-order valence-electron chi connectivity index (χ4n) is 1.35. The lowest BCUT2D eigenvalue weighted by Gasteiger charge is -2.15. The number of methoxy groups -OCH3 is 2. The van der Waals surface area contributed by atoms with Crippen LogP contribution >= 0.6 is 0 Å². The van der Waals surface area contributed by atoms with Gasteiger partial charge in [-0.3, -0.25) is 5.43 Å². The van der Waals surface area contributed by atoms with Crippen LogP contribution in [-0.2, 0) is 9.47 Å². The average molecular weight is 260 g/mol. The number of phenols is 1. The second-order valence-corrected chi connectivity index (χ2v) is 3.38. The summed E-state index contributed by atoms with van der Waals surface area (Å²) in [5.41, 5.74) is 2.98. The smallest absolute Gasteiger partial charge is 0.237 e. The van der Waals surface area contributed by atoms with Gasteiger partial charge in [-0.1, -0.05) is 6.07 Å². The van der Waals surface area contributed by atoms with Gasteiger partial charge in [-0.05, 0) is 12.1 Å². The monoisotopic (exact) mass is 260 g/mol. The quantitative estimate of drug-likeness (QED) is 0.359. The molecule has 0 heterocycles. The summed E-state index contributed by atoms with van der Waals surface area (Å²) in [6.45, 7) is 0. The first-order valence-electron chi connectivity index (χ1n) is 5.18. The van der Waals surface area contributed by atoms with E-state index in [1.54, 1.807) is 24.3 Å². The lowest BCUT2D eigenvalue weighted by molar-refractivity contribution is -0.105. The Morgan fingerprint density at radius 1 is 1.32 bits per heavy atom. The van der Waals surface area contributed by atoms with Crippen LogP contribution in [0.4, 0.5) is 5.69 Å². The van der Waals surface area contributed by atoms with E-state index >= 15 is 0 Å². The molecule has 7 heteroatoms. The lowest BCUT2D eigenvalue weighted by Crippen LogP contribution is -2.04. The number of rotatable bonds is 5. The zero-order valence-corrected chi connectivity index (χ0v) is 10.4. The first-order valence-corrected chi connectivity index (χ1v) is 5.18. The van der Waals surface area contributed by atoms with Gasteiger partial charge in [0.25, 0.3) is 0 Å². The molecule has 0 unspecified atom stereocenters. The van der Waals surface area contributed by atoms with Crippen molar-refractivity contribution < 1.29 is 14.6 Å². The Balaban J connectivity index is 3.02. The minimum Gasteiger partial charge on any atom is -0.506 e. The van der Waals surface area contributed by atoms with Gasteiger partial charge in [-0.15, -0.1) is 0 Å². The maximum absolute atomic E-state index is 9.64. The van der Waals surface area contributed by atoms with Crippen LogP contribution in [-0.4, -0.2) is 25.0 Å². The molecule has 0 bridgehead atoms. The molecule has 0 amide bonds. The molecule has 0 saturated heterocycles. The van der Waals surface area contributed by atoms with Crippen molar-refractivity contribution in [3.05, 3.63) is 23.8 Å². The summed E-state index contributed by atoms with van der Waals surface area (Å²) in [5, 5.41) is 30.3. The minimum atomic E-state index is -0.587. The Hall–Kier alpha value is -2.61. The largest absolute Gasteiger partial charge is 0.506 e. The van der Waals surface area contributed by atoms with Gasteiger partial charge in [-0.2, -0.15) is 15.6 Å². The predicted octanol–water partition coefficient (Wildman–Crippen LogP) is 1.50. The highest BCUT2D eigenvalue weighted by Crippen LogP contribution is 2.28. The van der Waals surface area contributed by atoms with E-state index in [2.05, 4.69) is 10.5 Å². The van der Waals surface area contributed by atoms with Crippen LogP contribution in [0.3, 0.4) is 0 Å². The molecular weight excluding hydrogens is 248 g/mol. The first kappa shape index (κ1) is 14.5. The van der Waals surface area contributed by atoms with E-state index in [4.69, 9.17) is 20.0 Å². The maximum atomic E-state index is 9.64. The molecule has 2 N–H and O–H groups in total. The summed E-state index contributed by atoms with van der Waals surface area (Å²) in [7, 11) is 2.96. The highest BCUT2D eigenvalue weighted by molar-refractivity contribution is 6.10. The molecule has 98 valence electrons. The van der Waals surface area contributed by atoms with E-state index in [1.807, 2.05) is 0 Å². The maximum Gasteiger partial charge on any atom is 0.237 e. The van der Waals surface area contributed by atoms with Gasteiger partial charge in [0.2, 0.25) is 5.71 Å². The molecular formula is C12H12N4O3. The van der Waals surface area contributed by atoms with E-state index in [1.165, 1.54) is 20.3 Å². The van der Waals surface area contributed by atoms with Crippen LogP contribution in [0.25, 0.3) is 0 Å². The number of nitrogens with one attached hydrogen (secondary N) is 1. The molecule has 1 aromatic rings. The number of anilines is 1. The molecule has 0 spiro atoms. The second kappa shape index (κ2) is 6.97. The predicted molar refractivity (Wildman–Crippen MR) is 67.1 cm³/mol. The second-order valence-electron chi connectivity index (χ2n) is 3.38. The van der Waals surface area contributed by atoms with E-state index in [0.29, 0.717) is 5.56 Å². The topological polar surface area (TPSA) is 111 Å². The summed E-state index contributed by atoms with van der Waals surface area (Å²) in [6, 6.07) is 7.79. The van der Waals surface area contributed by atoms with Gasteiger partial charge in [0.15, 0.2) is 6.29 Å². The van der Waals surface area contributed by atoms with Gasteiger partial charge >= 0.3 is 0 Å². The van der Waals surface area contributed by atoms with Crippen molar-refractivity contribution in [2.75, 3.05) is 19.6 Å². The third-order valence-corrected chi connectivity index (χ3v) is 2.22. The van der Waals surface area contributed by atoms with Crippen LogP contribution in [0.15, 0.2) is 23.3 Å². The molecule has 0 aliphatic carbocycles. The number of phenolic OH excluding ortho intramolecular Hbond substituents is 1. The van der Waals surface area contributed by atoms with Crippen molar-refractivity contribution in [2.45, 2.75) is 6.29 Å². The van der Waals surface area contributed by atoms with Crippen LogP contribution < -0.4 is 5.43 Å². The highest BCUT2D eigenvalue weighted by Gasteiger charge is 2.11. The SMILES string of the molecule is COC(OC)c1ccc(O)c(NN=C(C#N)C#N)c1. The third kappa shape index (κ3) is 3.68. The summed E-state index contributed by atoms with van der Waals surface area (Å²) in [5.74, 6) is -0.0753. The van der Waals surface area contributed by atoms with Gasteiger partial charge < -0.3 is 14.6 Å². The molecule has 7 nitrogen and oxygen atoms in total. The van der Waals surface area contributed by atoms with E-state index in [-0.39, 0.29) is 17.1 Å². The summed E-state index contributed by atoms with van der Waals surface area (Å²) < 4.78 is 10.2. The van der Waals surface area contributed by atoms with Gasteiger partial charge in [0.1, 0.15) is 17.9 Å². The van der Waals surface area contributed by atoms with Crippen LogP contribution in [0, 0.1) is 22.7 Å². The fourth-order valence-corrected chi connectivity index (χ4v) is 1.35. The molecule has 0 radical (unpaired) electrons. The Bertz CT molecular complexity index is 537. The zero-order chi connectivity index (χ0) is 14.3. The van der Waals surface area contributed by atoms with Crippen molar-refractivity contribution in [1.29, 1.82) is 10.5 Å². The number of hydrazone groups is 1. The van der Waals surface area contributed by atoms with Crippen LogP contribution in [0.5, 0.6) is 5.75 Å². The number of ether oxygens (including phenoxy) is 2. The Kier molecular flexibility index (Phi) is 5.30. The van der Waals surface area contributed by atoms with Crippen molar-refractivity contribution in [3.8, 4) is 17.9 Å². The van der Waals surface area contributed by atoms with E-state index in [0.717, 1.165) is 0 Å². The molecule has 0 saturated carbocycles. The Morgan fingerprint density at radius 2 is 1.95 bits per heavy atom. The standard InChI is InChI=1S/C12H12N4O3/c1-18-12(19-2)8-3-4-11(17)10(5-8)16-15-9(6-13)7-14/h3-5,12,16-17H,1-2H3. The fraction of sp³-hybridized carbons (Fsp3) is 0.250. The Labute approximate surface area is 110 Å². The summed E-state index contributed by atoms with van der Waals surface area (Å²) in [6.07, 6.45) is -0.587. The van der Waals surface area contributed by atoms with Crippen LogP contribution in [0.1, 0.15) is 11.9 Å². The normalized spacial score (nSPS) is 9.53. The molecule has 19 heavy (non-hydrogen) atoms. The van der Waals surface area contributed by atoms with Gasteiger partial charge in [0.05, 0.1) is 5.69 Å². The molecule has 1 aromatic carbocycles. The zero-order valence-electron chi connectivity index (χ0n) is 10.4. The Morgan fingerprint density at radius 3 is 2.47 bits per heavy atom. The first-order chi connectivity index (χ1) is 9.15.